The average molecular weight is 263 g/mol. The average Bonchev–Trinajstić information content (AvgIpc) is 2.81. The molecule has 3 heteroatoms. The SMILES string of the molecule is CCCCCCC(NC)c1cc2cc(F)ccc2o1. The highest BCUT2D eigenvalue weighted by molar-refractivity contribution is 5.78. The fraction of sp³-hybridized carbons (Fsp3) is 0.500. The van der Waals surface area contributed by atoms with Crippen LogP contribution in [0.15, 0.2) is 28.7 Å². The van der Waals surface area contributed by atoms with Crippen molar-refractivity contribution < 1.29 is 8.81 Å². The van der Waals surface area contributed by atoms with E-state index in [0.29, 0.717) is 0 Å². The van der Waals surface area contributed by atoms with Gasteiger partial charge in [0.2, 0.25) is 0 Å². The van der Waals surface area contributed by atoms with E-state index in [0.717, 1.165) is 23.2 Å². The monoisotopic (exact) mass is 263 g/mol. The van der Waals surface area contributed by atoms with Crippen LogP contribution in [0.25, 0.3) is 11.0 Å². The van der Waals surface area contributed by atoms with Crippen LogP contribution in [0.1, 0.15) is 50.8 Å². The summed E-state index contributed by atoms with van der Waals surface area (Å²) in [5.74, 6) is 0.684. The molecule has 0 saturated carbocycles. The van der Waals surface area contributed by atoms with Gasteiger partial charge in [0.05, 0.1) is 6.04 Å². The molecule has 0 aliphatic carbocycles. The van der Waals surface area contributed by atoms with Crippen molar-refractivity contribution in [1.29, 1.82) is 0 Å². The second-order valence-corrected chi connectivity index (χ2v) is 5.02. The lowest BCUT2D eigenvalue weighted by Crippen LogP contribution is -2.15. The third-order valence-corrected chi connectivity index (χ3v) is 3.54. The van der Waals surface area contributed by atoms with Crippen LogP contribution in [-0.2, 0) is 0 Å². The first-order valence-electron chi connectivity index (χ1n) is 7.11. The third kappa shape index (κ3) is 3.57. The molecule has 1 aromatic carbocycles. The van der Waals surface area contributed by atoms with Crippen LogP contribution in [0, 0.1) is 5.82 Å². The standard InChI is InChI=1S/C16H22FNO/c1-3-4-5-6-7-14(18-2)16-11-12-10-13(17)8-9-15(12)19-16/h8-11,14,18H,3-7H2,1-2H3. The van der Waals surface area contributed by atoms with Crippen molar-refractivity contribution in [2.24, 2.45) is 0 Å². The van der Waals surface area contributed by atoms with E-state index in [9.17, 15) is 4.39 Å². The molecule has 0 aliphatic heterocycles. The molecule has 1 aromatic heterocycles. The van der Waals surface area contributed by atoms with Gasteiger partial charge >= 0.3 is 0 Å². The Morgan fingerprint density at radius 3 is 2.79 bits per heavy atom. The van der Waals surface area contributed by atoms with Gasteiger partial charge in [0, 0.05) is 5.39 Å². The molecule has 0 bridgehead atoms. The summed E-state index contributed by atoms with van der Waals surface area (Å²) in [4.78, 5) is 0. The minimum absolute atomic E-state index is 0.215. The van der Waals surface area contributed by atoms with Crippen LogP contribution in [-0.4, -0.2) is 7.05 Å². The molecule has 2 aromatic rings. The largest absolute Gasteiger partial charge is 0.459 e. The Bertz CT molecular complexity index is 520. The third-order valence-electron chi connectivity index (χ3n) is 3.54. The molecule has 2 rings (SSSR count). The summed E-state index contributed by atoms with van der Waals surface area (Å²) in [6.45, 7) is 2.21. The van der Waals surface area contributed by atoms with Gasteiger partial charge in [0.1, 0.15) is 17.2 Å². The Kier molecular flexibility index (Phi) is 4.97. The maximum Gasteiger partial charge on any atom is 0.134 e. The maximum atomic E-state index is 13.2. The predicted octanol–water partition coefficient (Wildman–Crippen LogP) is 4.80. The molecule has 0 aliphatic rings. The normalized spacial score (nSPS) is 13.0. The summed E-state index contributed by atoms with van der Waals surface area (Å²) < 4.78 is 19.0. The first-order valence-corrected chi connectivity index (χ1v) is 7.11. The number of halogens is 1. The van der Waals surface area contributed by atoms with Crippen molar-refractivity contribution in [3.63, 3.8) is 0 Å². The van der Waals surface area contributed by atoms with Gasteiger partial charge in [-0.15, -0.1) is 0 Å². The molecule has 104 valence electrons. The van der Waals surface area contributed by atoms with Gasteiger partial charge in [0.15, 0.2) is 0 Å². The quantitative estimate of drug-likeness (QED) is 0.726. The first-order chi connectivity index (χ1) is 9.24. The van der Waals surface area contributed by atoms with E-state index in [1.165, 1.54) is 37.8 Å². The van der Waals surface area contributed by atoms with Crippen LogP contribution in [0.5, 0.6) is 0 Å². The summed E-state index contributed by atoms with van der Waals surface area (Å²) in [6.07, 6.45) is 6.02. The number of hydrogen-bond acceptors (Lipinski definition) is 2. The van der Waals surface area contributed by atoms with Gasteiger partial charge in [-0.3, -0.25) is 0 Å². The molecule has 1 heterocycles. The fourth-order valence-electron chi connectivity index (χ4n) is 2.41. The molecule has 0 spiro atoms. The number of fused-ring (bicyclic) bond motifs is 1. The lowest BCUT2D eigenvalue weighted by atomic mass is 10.1. The summed E-state index contributed by atoms with van der Waals surface area (Å²) in [6, 6.07) is 6.81. The molecule has 0 saturated heterocycles. The summed E-state index contributed by atoms with van der Waals surface area (Å²) in [7, 11) is 1.94. The van der Waals surface area contributed by atoms with Crippen LogP contribution >= 0.6 is 0 Å². The minimum atomic E-state index is -0.219. The number of furan rings is 1. The van der Waals surface area contributed by atoms with Crippen LogP contribution < -0.4 is 5.32 Å². The predicted molar refractivity (Wildman–Crippen MR) is 76.7 cm³/mol. The van der Waals surface area contributed by atoms with E-state index in [2.05, 4.69) is 12.2 Å². The number of rotatable bonds is 7. The minimum Gasteiger partial charge on any atom is -0.459 e. The number of nitrogens with one attached hydrogen (secondary N) is 1. The highest BCUT2D eigenvalue weighted by Gasteiger charge is 2.14. The fourth-order valence-corrected chi connectivity index (χ4v) is 2.41. The Morgan fingerprint density at radius 2 is 2.05 bits per heavy atom. The highest BCUT2D eigenvalue weighted by atomic mass is 19.1. The Balaban J connectivity index is 2.07. The van der Waals surface area contributed by atoms with Gasteiger partial charge in [-0.1, -0.05) is 32.6 Å². The molecule has 1 unspecified atom stereocenters. The molecule has 0 radical (unpaired) electrons. The second-order valence-electron chi connectivity index (χ2n) is 5.02. The van der Waals surface area contributed by atoms with Gasteiger partial charge in [-0.2, -0.15) is 0 Å². The number of benzene rings is 1. The maximum absolute atomic E-state index is 13.2. The van der Waals surface area contributed by atoms with E-state index in [-0.39, 0.29) is 11.9 Å². The van der Waals surface area contributed by atoms with Gasteiger partial charge in [-0.05, 0) is 37.7 Å². The Labute approximate surface area is 114 Å². The van der Waals surface area contributed by atoms with Gasteiger partial charge in [-0.25, -0.2) is 4.39 Å². The summed E-state index contributed by atoms with van der Waals surface area (Å²) in [5.41, 5.74) is 0.755. The van der Waals surface area contributed by atoms with Crippen LogP contribution in [0.4, 0.5) is 4.39 Å². The highest BCUT2D eigenvalue weighted by Crippen LogP contribution is 2.27. The number of hydrogen-bond donors (Lipinski definition) is 1. The van der Waals surface area contributed by atoms with Gasteiger partial charge < -0.3 is 9.73 Å². The van der Waals surface area contributed by atoms with Crippen molar-refractivity contribution in [1.82, 2.24) is 5.32 Å². The molecular weight excluding hydrogens is 241 g/mol. The number of unbranched alkanes of at least 4 members (excludes halogenated alkanes) is 3. The van der Waals surface area contributed by atoms with Crippen molar-refractivity contribution >= 4 is 11.0 Å². The zero-order valence-corrected chi connectivity index (χ0v) is 11.7. The molecule has 0 fully saturated rings. The lowest BCUT2D eigenvalue weighted by molar-refractivity contribution is 0.418. The Hall–Kier alpha value is -1.35. The molecule has 19 heavy (non-hydrogen) atoms. The van der Waals surface area contributed by atoms with E-state index < -0.39 is 0 Å². The topological polar surface area (TPSA) is 25.2 Å². The van der Waals surface area contributed by atoms with Gasteiger partial charge in [0.25, 0.3) is 0 Å². The zero-order chi connectivity index (χ0) is 13.7. The van der Waals surface area contributed by atoms with E-state index >= 15 is 0 Å². The second kappa shape index (κ2) is 6.71. The van der Waals surface area contributed by atoms with Crippen molar-refractivity contribution in [2.75, 3.05) is 7.05 Å². The molecule has 1 atom stereocenters. The zero-order valence-electron chi connectivity index (χ0n) is 11.7. The van der Waals surface area contributed by atoms with Crippen molar-refractivity contribution in [2.45, 2.75) is 45.1 Å². The lowest BCUT2D eigenvalue weighted by Gasteiger charge is -2.12. The van der Waals surface area contributed by atoms with Crippen molar-refractivity contribution in [3.8, 4) is 0 Å². The molecule has 1 N–H and O–H groups in total. The van der Waals surface area contributed by atoms with E-state index in [1.807, 2.05) is 13.1 Å². The molecular formula is C16H22FNO. The summed E-state index contributed by atoms with van der Waals surface area (Å²) in [5, 5.41) is 4.12. The van der Waals surface area contributed by atoms with Crippen molar-refractivity contribution in [3.05, 3.63) is 35.8 Å². The van der Waals surface area contributed by atoms with Crippen LogP contribution in [0.2, 0.25) is 0 Å². The molecule has 2 nitrogen and oxygen atoms in total. The molecule has 0 amide bonds. The van der Waals surface area contributed by atoms with Crippen LogP contribution in [0.3, 0.4) is 0 Å². The van der Waals surface area contributed by atoms with E-state index in [1.54, 1.807) is 6.07 Å². The van der Waals surface area contributed by atoms with E-state index in [4.69, 9.17) is 4.42 Å². The summed E-state index contributed by atoms with van der Waals surface area (Å²) >= 11 is 0. The first kappa shape index (κ1) is 14.1. The smallest absolute Gasteiger partial charge is 0.134 e. The Morgan fingerprint density at radius 1 is 1.21 bits per heavy atom.